The van der Waals surface area contributed by atoms with E-state index in [0.29, 0.717) is 11.2 Å². The molecule has 4 heteroatoms. The molecule has 4 aliphatic carbocycles. The van der Waals surface area contributed by atoms with Crippen molar-refractivity contribution in [2.24, 2.45) is 28.6 Å². The van der Waals surface area contributed by atoms with Crippen LogP contribution >= 0.6 is 0 Å². The van der Waals surface area contributed by atoms with Crippen molar-refractivity contribution in [1.82, 2.24) is 0 Å². The summed E-state index contributed by atoms with van der Waals surface area (Å²) in [5, 5.41) is 7.42. The minimum Gasteiger partial charge on any atom is -0.492 e. The highest BCUT2D eigenvalue weighted by molar-refractivity contribution is 5.91. The molecule has 5 rings (SSSR count). The number of carbonyl (C=O) groups excluding carboxylic acids is 1. The molecule has 1 spiro atoms. The van der Waals surface area contributed by atoms with Gasteiger partial charge in [-0.1, -0.05) is 26.0 Å². The third kappa shape index (κ3) is 3.09. The smallest absolute Gasteiger partial charge is 0.300 e. The number of allylic oxidation sites excluding steroid dienone is 2. The molecule has 4 nitrogen and oxygen atoms in total. The fourth-order valence-electron chi connectivity index (χ4n) is 7.95. The maximum absolute atomic E-state index is 12.0. The summed E-state index contributed by atoms with van der Waals surface area (Å²) >= 11 is 0. The molecule has 0 bridgehead atoms. The van der Waals surface area contributed by atoms with Gasteiger partial charge in [-0.2, -0.15) is 0 Å². The summed E-state index contributed by atoms with van der Waals surface area (Å²) in [6, 6.07) is 0. The molecule has 1 aliphatic heterocycles. The summed E-state index contributed by atoms with van der Waals surface area (Å²) in [6.45, 7) is 10.2. The van der Waals surface area contributed by atoms with Crippen LogP contribution < -0.4 is 0 Å². The minimum atomic E-state index is -0.833. The van der Waals surface area contributed by atoms with Gasteiger partial charge in [-0.25, -0.2) is 0 Å². The van der Waals surface area contributed by atoms with Crippen molar-refractivity contribution in [1.29, 1.82) is 0 Å². The lowest BCUT2D eigenvalue weighted by molar-refractivity contribution is -0.134. The van der Waals surface area contributed by atoms with Gasteiger partial charge in [0.1, 0.15) is 5.60 Å². The number of hydrogen-bond acceptors (Lipinski definition) is 3. The number of fused-ring (bicyclic) bond motifs is 6. The second kappa shape index (κ2) is 6.99. The van der Waals surface area contributed by atoms with Crippen LogP contribution in [0.1, 0.15) is 85.0 Å². The van der Waals surface area contributed by atoms with Gasteiger partial charge in [0.2, 0.25) is 0 Å². The van der Waals surface area contributed by atoms with Crippen LogP contribution in [0.15, 0.2) is 24.0 Å². The number of carboxylic acids is 1. The minimum absolute atomic E-state index is 0.0826. The van der Waals surface area contributed by atoms with E-state index in [2.05, 4.69) is 20.4 Å². The van der Waals surface area contributed by atoms with Crippen molar-refractivity contribution in [2.75, 3.05) is 0 Å². The van der Waals surface area contributed by atoms with Crippen molar-refractivity contribution in [2.45, 2.75) is 90.6 Å². The number of rotatable bonds is 0. The molecule has 0 aromatic carbocycles. The third-order valence-electron chi connectivity index (χ3n) is 9.40. The molecule has 0 aromatic heterocycles. The Labute approximate surface area is 174 Å². The first-order valence-corrected chi connectivity index (χ1v) is 11.4. The molecule has 1 N–H and O–H groups in total. The molecular weight excluding hydrogens is 364 g/mol. The molecule has 1 heterocycles. The van der Waals surface area contributed by atoms with Crippen LogP contribution in [-0.2, 0) is 14.3 Å². The molecule has 3 unspecified atom stereocenters. The molecule has 0 aromatic rings. The summed E-state index contributed by atoms with van der Waals surface area (Å²) in [7, 11) is 0. The van der Waals surface area contributed by atoms with Gasteiger partial charge < -0.3 is 9.84 Å². The van der Waals surface area contributed by atoms with Crippen LogP contribution in [0, 0.1) is 28.6 Å². The van der Waals surface area contributed by atoms with Gasteiger partial charge in [-0.3, -0.25) is 9.59 Å². The lowest BCUT2D eigenvalue weighted by Gasteiger charge is -2.59. The molecule has 29 heavy (non-hydrogen) atoms. The topological polar surface area (TPSA) is 63.6 Å². The normalized spacial score (nSPS) is 45.3. The summed E-state index contributed by atoms with van der Waals surface area (Å²) in [5.74, 6) is 2.96. The van der Waals surface area contributed by atoms with Crippen molar-refractivity contribution in [3.63, 3.8) is 0 Å². The zero-order valence-corrected chi connectivity index (χ0v) is 18.3. The maximum Gasteiger partial charge on any atom is 0.300 e. The monoisotopic (exact) mass is 400 g/mol. The number of carboxylic acid groups (broad SMARTS) is 1. The number of hydrogen-bond donors (Lipinski definition) is 1. The number of ether oxygens (including phenoxy) is 1. The van der Waals surface area contributed by atoms with E-state index in [9.17, 15) is 4.79 Å². The van der Waals surface area contributed by atoms with E-state index < -0.39 is 5.97 Å². The number of aliphatic carboxylic acids is 1. The predicted molar refractivity (Wildman–Crippen MR) is 112 cm³/mol. The van der Waals surface area contributed by atoms with Gasteiger partial charge in [0.25, 0.3) is 5.97 Å². The Morgan fingerprint density at radius 2 is 1.76 bits per heavy atom. The highest BCUT2D eigenvalue weighted by Crippen LogP contribution is 2.70. The van der Waals surface area contributed by atoms with Crippen LogP contribution in [0.5, 0.6) is 0 Å². The second-order valence-corrected chi connectivity index (χ2v) is 10.6. The highest BCUT2D eigenvalue weighted by Gasteiger charge is 2.66. The summed E-state index contributed by atoms with van der Waals surface area (Å²) < 4.78 is 6.46. The standard InChI is InChI=1S/C23H32O2.C2H4O2/c1-15-6-12-23(25-15)13-9-20-18-5-4-16-14-17(24)7-10-21(16,2)19(18)8-11-22(20,23)3;1-2(3)4/h14,18-20H,1,4-13H2,2-3H3;1H3,(H,3,4)/t18?,19?,20?,21-,22-,23-;/m0./s1. The van der Waals surface area contributed by atoms with Gasteiger partial charge in [0.15, 0.2) is 5.78 Å². The Kier molecular flexibility index (Phi) is 4.99. The first-order valence-electron chi connectivity index (χ1n) is 11.4. The number of carbonyl (C=O) groups is 2. The highest BCUT2D eigenvalue weighted by atomic mass is 16.5. The average molecular weight is 401 g/mol. The van der Waals surface area contributed by atoms with Crippen LogP contribution in [0.2, 0.25) is 0 Å². The first kappa shape index (κ1) is 20.7. The molecule has 5 aliphatic rings. The lowest BCUT2D eigenvalue weighted by atomic mass is 9.46. The molecule has 3 saturated carbocycles. The Balaban J connectivity index is 0.000000472. The van der Waals surface area contributed by atoms with E-state index in [1.165, 1.54) is 44.1 Å². The van der Waals surface area contributed by atoms with Crippen LogP contribution in [-0.4, -0.2) is 22.5 Å². The quantitative estimate of drug-likeness (QED) is 0.569. The van der Waals surface area contributed by atoms with Crippen LogP contribution in [0.25, 0.3) is 0 Å². The fraction of sp³-hybridized carbons (Fsp3) is 0.760. The maximum atomic E-state index is 12.0. The fourth-order valence-corrected chi connectivity index (χ4v) is 7.95. The van der Waals surface area contributed by atoms with Gasteiger partial charge in [0.05, 0.1) is 5.76 Å². The molecular formula is C25H36O4. The van der Waals surface area contributed by atoms with Crippen LogP contribution in [0.3, 0.4) is 0 Å². The Bertz CT molecular complexity index is 763. The van der Waals surface area contributed by atoms with E-state index >= 15 is 0 Å². The van der Waals surface area contributed by atoms with E-state index in [-0.39, 0.29) is 11.0 Å². The largest absolute Gasteiger partial charge is 0.492 e. The van der Waals surface area contributed by atoms with Gasteiger partial charge in [-0.15, -0.1) is 0 Å². The molecule has 160 valence electrons. The van der Waals surface area contributed by atoms with E-state index in [1.54, 1.807) is 0 Å². The van der Waals surface area contributed by atoms with Crippen molar-refractivity contribution < 1.29 is 19.4 Å². The van der Waals surface area contributed by atoms with Crippen molar-refractivity contribution >= 4 is 11.8 Å². The Morgan fingerprint density at radius 3 is 2.41 bits per heavy atom. The zero-order valence-electron chi connectivity index (χ0n) is 18.3. The zero-order chi connectivity index (χ0) is 21.0. The Hall–Kier alpha value is -1.58. The average Bonchev–Trinajstić information content (AvgIpc) is 3.16. The number of ketones is 1. The predicted octanol–water partition coefficient (Wildman–Crippen LogP) is 5.67. The van der Waals surface area contributed by atoms with Gasteiger partial charge in [-0.05, 0) is 80.6 Å². The summed E-state index contributed by atoms with van der Waals surface area (Å²) in [4.78, 5) is 21.0. The lowest BCUT2D eigenvalue weighted by Crippen LogP contribution is -2.54. The van der Waals surface area contributed by atoms with E-state index in [4.69, 9.17) is 14.6 Å². The van der Waals surface area contributed by atoms with Crippen molar-refractivity contribution in [3.8, 4) is 0 Å². The summed E-state index contributed by atoms with van der Waals surface area (Å²) in [5.41, 5.74) is 2.18. The molecule has 0 radical (unpaired) electrons. The SMILES string of the molecule is C=C1CC[C@@]2(CCC3C4CCC5=CC(=O)CC[C@]5(C)C4CC[C@@]32C)O1.CC(=O)O. The van der Waals surface area contributed by atoms with Gasteiger partial charge >= 0.3 is 0 Å². The summed E-state index contributed by atoms with van der Waals surface area (Å²) in [6.07, 6.45) is 13.7. The Morgan fingerprint density at radius 1 is 1.07 bits per heavy atom. The third-order valence-corrected chi connectivity index (χ3v) is 9.40. The van der Waals surface area contributed by atoms with Crippen LogP contribution in [0.4, 0.5) is 0 Å². The van der Waals surface area contributed by atoms with Gasteiger partial charge in [0, 0.05) is 25.2 Å². The van der Waals surface area contributed by atoms with E-state index in [0.717, 1.165) is 56.1 Å². The molecule has 1 saturated heterocycles. The molecule has 4 fully saturated rings. The first-order chi connectivity index (χ1) is 13.6. The second-order valence-electron chi connectivity index (χ2n) is 10.6. The molecule has 0 amide bonds. The van der Waals surface area contributed by atoms with E-state index in [1.807, 2.05) is 6.08 Å². The van der Waals surface area contributed by atoms with Crippen molar-refractivity contribution in [3.05, 3.63) is 24.0 Å². The molecule has 6 atom stereocenters.